The standard InChI is InChI=1S/C14H15N3O4/c15-16-11-5-3-7-13(14(11)17(19)20)21-12-6-2-1-4-10(12)8-9-18/h1-7,16,18H,8-9,15H2. The van der Waals surface area contributed by atoms with Crippen LogP contribution < -0.4 is 16.0 Å². The van der Waals surface area contributed by atoms with Crippen molar-refractivity contribution in [3.05, 3.63) is 58.1 Å². The predicted molar refractivity (Wildman–Crippen MR) is 78.2 cm³/mol. The highest BCUT2D eigenvalue weighted by molar-refractivity contribution is 5.68. The van der Waals surface area contributed by atoms with E-state index in [2.05, 4.69) is 5.43 Å². The van der Waals surface area contributed by atoms with Crippen LogP contribution in [0.3, 0.4) is 0 Å². The molecule has 4 N–H and O–H groups in total. The molecular weight excluding hydrogens is 274 g/mol. The van der Waals surface area contributed by atoms with Crippen molar-refractivity contribution < 1.29 is 14.8 Å². The van der Waals surface area contributed by atoms with Crippen molar-refractivity contribution in [1.29, 1.82) is 0 Å². The van der Waals surface area contributed by atoms with Gasteiger partial charge in [0.15, 0.2) is 0 Å². The van der Waals surface area contributed by atoms with Crippen molar-refractivity contribution in [2.45, 2.75) is 6.42 Å². The normalized spacial score (nSPS) is 10.2. The van der Waals surface area contributed by atoms with E-state index in [1.54, 1.807) is 24.3 Å². The van der Waals surface area contributed by atoms with Crippen LogP contribution in [0.25, 0.3) is 0 Å². The van der Waals surface area contributed by atoms with Gasteiger partial charge in [-0.25, -0.2) is 0 Å². The van der Waals surface area contributed by atoms with Crippen LogP contribution in [0.2, 0.25) is 0 Å². The number of hydrazine groups is 1. The Kier molecular flexibility index (Phi) is 4.70. The highest BCUT2D eigenvalue weighted by Gasteiger charge is 2.21. The SMILES string of the molecule is NNc1cccc(Oc2ccccc2CCO)c1[N+](=O)[O-]. The van der Waals surface area contributed by atoms with Gasteiger partial charge in [-0.05, 0) is 30.2 Å². The zero-order valence-electron chi connectivity index (χ0n) is 11.2. The largest absolute Gasteiger partial charge is 0.450 e. The molecule has 0 fully saturated rings. The van der Waals surface area contributed by atoms with Crippen LogP contribution in [0.4, 0.5) is 11.4 Å². The Hall–Kier alpha value is -2.64. The molecule has 0 aliphatic heterocycles. The van der Waals surface area contributed by atoms with E-state index >= 15 is 0 Å². The van der Waals surface area contributed by atoms with E-state index in [0.717, 1.165) is 5.56 Å². The van der Waals surface area contributed by atoms with Crippen LogP contribution in [0, 0.1) is 10.1 Å². The lowest BCUT2D eigenvalue weighted by atomic mass is 10.1. The number of nitro benzene ring substituents is 1. The molecule has 0 amide bonds. The van der Waals surface area contributed by atoms with Crippen LogP contribution in [-0.2, 0) is 6.42 Å². The number of anilines is 1. The number of aliphatic hydroxyl groups excluding tert-OH is 1. The second-order valence-corrected chi connectivity index (χ2v) is 4.24. The number of rotatable bonds is 6. The summed E-state index contributed by atoms with van der Waals surface area (Å²) in [5.74, 6) is 5.83. The molecule has 0 unspecified atom stereocenters. The topological polar surface area (TPSA) is 111 Å². The molecule has 0 aromatic heterocycles. The van der Waals surface area contributed by atoms with Crippen molar-refractivity contribution in [3.63, 3.8) is 0 Å². The molecule has 0 radical (unpaired) electrons. The molecule has 7 heteroatoms. The second kappa shape index (κ2) is 6.69. The Bertz CT molecular complexity index is 646. The van der Waals surface area contributed by atoms with Crippen LogP contribution in [0.15, 0.2) is 42.5 Å². The van der Waals surface area contributed by atoms with Crippen LogP contribution in [0.5, 0.6) is 11.5 Å². The average Bonchev–Trinajstić information content (AvgIpc) is 2.49. The zero-order valence-corrected chi connectivity index (χ0v) is 11.2. The first-order valence-corrected chi connectivity index (χ1v) is 6.28. The van der Waals surface area contributed by atoms with E-state index in [1.165, 1.54) is 12.1 Å². The molecule has 2 rings (SSSR count). The van der Waals surface area contributed by atoms with Crippen LogP contribution in [-0.4, -0.2) is 16.6 Å². The van der Waals surface area contributed by atoms with E-state index < -0.39 is 4.92 Å². The summed E-state index contributed by atoms with van der Waals surface area (Å²) in [6.45, 7) is -0.0349. The summed E-state index contributed by atoms with van der Waals surface area (Å²) in [7, 11) is 0. The first-order valence-electron chi connectivity index (χ1n) is 6.28. The Labute approximate surface area is 121 Å². The Morgan fingerprint density at radius 2 is 1.90 bits per heavy atom. The van der Waals surface area contributed by atoms with Gasteiger partial charge in [0.05, 0.1) is 4.92 Å². The van der Waals surface area contributed by atoms with Crippen molar-refractivity contribution in [2.24, 2.45) is 5.84 Å². The molecule has 2 aromatic rings. The smallest absolute Gasteiger partial charge is 0.335 e. The molecule has 0 saturated heterocycles. The maximum Gasteiger partial charge on any atom is 0.335 e. The number of hydrogen-bond acceptors (Lipinski definition) is 6. The minimum absolute atomic E-state index is 0.0349. The Morgan fingerprint density at radius 1 is 1.19 bits per heavy atom. The van der Waals surface area contributed by atoms with Crippen molar-refractivity contribution in [1.82, 2.24) is 0 Å². The third kappa shape index (κ3) is 3.28. The first-order chi connectivity index (χ1) is 10.2. The number of benzene rings is 2. The third-order valence-corrected chi connectivity index (χ3v) is 2.91. The monoisotopic (exact) mass is 289 g/mol. The van der Waals surface area contributed by atoms with Crippen LogP contribution >= 0.6 is 0 Å². The van der Waals surface area contributed by atoms with E-state index in [-0.39, 0.29) is 23.7 Å². The fourth-order valence-corrected chi connectivity index (χ4v) is 1.96. The number of nitrogens with two attached hydrogens (primary N) is 1. The molecule has 0 spiro atoms. The molecule has 21 heavy (non-hydrogen) atoms. The van der Waals surface area contributed by atoms with Gasteiger partial charge in [-0.15, -0.1) is 0 Å². The third-order valence-electron chi connectivity index (χ3n) is 2.91. The Balaban J connectivity index is 2.42. The summed E-state index contributed by atoms with van der Waals surface area (Å²) < 4.78 is 5.65. The fraction of sp³-hybridized carbons (Fsp3) is 0.143. The summed E-state index contributed by atoms with van der Waals surface area (Å²) in [4.78, 5) is 10.6. The number of nitrogen functional groups attached to an aromatic ring is 1. The van der Waals surface area contributed by atoms with E-state index in [4.69, 9.17) is 15.7 Å². The summed E-state index contributed by atoms with van der Waals surface area (Å²) >= 11 is 0. The van der Waals surface area contributed by atoms with Gasteiger partial charge in [0.25, 0.3) is 0 Å². The minimum Gasteiger partial charge on any atom is -0.450 e. The number of ether oxygens (including phenoxy) is 1. The molecule has 110 valence electrons. The first kappa shape index (κ1) is 14.8. The molecule has 0 bridgehead atoms. The molecule has 7 nitrogen and oxygen atoms in total. The quantitative estimate of drug-likeness (QED) is 0.427. The average molecular weight is 289 g/mol. The van der Waals surface area contributed by atoms with Gasteiger partial charge < -0.3 is 15.3 Å². The van der Waals surface area contributed by atoms with Gasteiger partial charge in [0, 0.05) is 6.61 Å². The lowest BCUT2D eigenvalue weighted by Crippen LogP contribution is -2.09. The molecular formula is C14H15N3O4. The summed E-state index contributed by atoms with van der Waals surface area (Å²) in [5, 5.41) is 20.2. The number of hydrogen-bond donors (Lipinski definition) is 3. The van der Waals surface area contributed by atoms with Crippen molar-refractivity contribution in [3.8, 4) is 11.5 Å². The molecule has 0 heterocycles. The maximum atomic E-state index is 11.2. The predicted octanol–water partition coefficient (Wildman–Crippen LogP) is 2.21. The number of nitro groups is 1. The number of para-hydroxylation sites is 2. The number of aliphatic hydroxyl groups is 1. The van der Waals surface area contributed by atoms with Gasteiger partial charge in [-0.3, -0.25) is 16.0 Å². The molecule has 0 saturated carbocycles. The fourth-order valence-electron chi connectivity index (χ4n) is 1.96. The van der Waals surface area contributed by atoms with Crippen molar-refractivity contribution in [2.75, 3.05) is 12.0 Å². The van der Waals surface area contributed by atoms with Gasteiger partial charge in [0.2, 0.25) is 5.75 Å². The number of nitrogens with one attached hydrogen (secondary N) is 1. The summed E-state index contributed by atoms with van der Waals surface area (Å²) in [6.07, 6.45) is 0.402. The van der Waals surface area contributed by atoms with E-state index in [9.17, 15) is 10.1 Å². The number of nitrogens with zero attached hydrogens (tertiary/aromatic N) is 1. The zero-order chi connectivity index (χ0) is 15.2. The summed E-state index contributed by atoms with van der Waals surface area (Å²) in [5.41, 5.74) is 2.97. The molecule has 0 aliphatic rings. The van der Waals surface area contributed by atoms with Crippen molar-refractivity contribution >= 4 is 11.4 Å². The van der Waals surface area contributed by atoms with Crippen LogP contribution in [0.1, 0.15) is 5.56 Å². The van der Waals surface area contributed by atoms with Gasteiger partial charge in [-0.2, -0.15) is 0 Å². The minimum atomic E-state index is -0.556. The molecule has 2 aromatic carbocycles. The highest BCUT2D eigenvalue weighted by Crippen LogP contribution is 2.37. The highest BCUT2D eigenvalue weighted by atomic mass is 16.6. The second-order valence-electron chi connectivity index (χ2n) is 4.24. The van der Waals surface area contributed by atoms with Gasteiger partial charge in [-0.1, -0.05) is 24.3 Å². The molecule has 0 aliphatic carbocycles. The van der Waals surface area contributed by atoms with Gasteiger partial charge in [0.1, 0.15) is 11.4 Å². The van der Waals surface area contributed by atoms with E-state index in [1.807, 2.05) is 6.07 Å². The summed E-state index contributed by atoms with van der Waals surface area (Å²) in [6, 6.07) is 11.6. The van der Waals surface area contributed by atoms with Gasteiger partial charge >= 0.3 is 5.69 Å². The maximum absolute atomic E-state index is 11.2. The lowest BCUT2D eigenvalue weighted by molar-refractivity contribution is -0.384. The van der Waals surface area contributed by atoms with E-state index in [0.29, 0.717) is 12.2 Å². The Morgan fingerprint density at radius 3 is 2.57 bits per heavy atom. The lowest BCUT2D eigenvalue weighted by Gasteiger charge is -2.12. The molecule has 0 atom stereocenters.